The molecule has 0 atom stereocenters. The number of fused-ring (bicyclic) bond motifs is 1. The fraction of sp³-hybridized carbons (Fsp3) is 0.100. The van der Waals surface area contributed by atoms with Crippen LogP contribution < -0.4 is 5.73 Å². The Morgan fingerprint density at radius 1 is 1.31 bits per heavy atom. The molecule has 1 aromatic heterocycles. The molecule has 0 fully saturated rings. The third kappa shape index (κ3) is 1.13. The first-order valence-electron chi connectivity index (χ1n) is 3.99. The van der Waals surface area contributed by atoms with Gasteiger partial charge in [-0.2, -0.15) is 0 Å². The quantitative estimate of drug-likeness (QED) is 0.668. The van der Waals surface area contributed by atoms with Crippen LogP contribution in [0.5, 0.6) is 0 Å². The maximum absolute atomic E-state index is 13.1. The normalized spacial score (nSPS) is 10.6. The zero-order chi connectivity index (χ0) is 9.42. The van der Waals surface area contributed by atoms with E-state index in [1.165, 1.54) is 6.07 Å². The van der Waals surface area contributed by atoms with E-state index >= 15 is 0 Å². The zero-order valence-corrected chi connectivity index (χ0v) is 7.21. The van der Waals surface area contributed by atoms with Crippen LogP contribution in [-0.2, 0) is 0 Å². The Morgan fingerprint density at radius 2 is 2.08 bits per heavy atom. The molecule has 1 heterocycles. The van der Waals surface area contributed by atoms with E-state index in [9.17, 15) is 4.39 Å². The van der Waals surface area contributed by atoms with Crippen LogP contribution in [-0.4, -0.2) is 4.98 Å². The molecule has 0 unspecified atom stereocenters. The molecule has 0 amide bonds. The number of rotatable bonds is 0. The third-order valence-corrected chi connectivity index (χ3v) is 2.13. The van der Waals surface area contributed by atoms with Crippen LogP contribution >= 0.6 is 0 Å². The highest BCUT2D eigenvalue weighted by molar-refractivity contribution is 5.91. The molecule has 0 saturated carbocycles. The van der Waals surface area contributed by atoms with Crippen molar-refractivity contribution in [1.82, 2.24) is 4.98 Å². The number of nitrogen functional groups attached to an aromatic ring is 1. The maximum Gasteiger partial charge on any atom is 0.128 e. The number of anilines is 1. The van der Waals surface area contributed by atoms with Crippen LogP contribution in [0, 0.1) is 12.7 Å². The van der Waals surface area contributed by atoms with Crippen LogP contribution in [0.25, 0.3) is 10.9 Å². The first-order chi connectivity index (χ1) is 6.20. The van der Waals surface area contributed by atoms with Crippen LogP contribution in [0.3, 0.4) is 0 Å². The summed E-state index contributed by atoms with van der Waals surface area (Å²) in [5.41, 5.74) is 7.53. The van der Waals surface area contributed by atoms with Crippen molar-refractivity contribution in [2.45, 2.75) is 6.92 Å². The number of pyridine rings is 1. The van der Waals surface area contributed by atoms with Crippen molar-refractivity contribution in [2.75, 3.05) is 5.73 Å². The first-order valence-corrected chi connectivity index (χ1v) is 3.99. The van der Waals surface area contributed by atoms with Crippen molar-refractivity contribution >= 4 is 16.6 Å². The van der Waals surface area contributed by atoms with Gasteiger partial charge in [-0.1, -0.05) is 0 Å². The molecule has 1 aromatic carbocycles. The van der Waals surface area contributed by atoms with Gasteiger partial charge in [0.25, 0.3) is 0 Å². The summed E-state index contributed by atoms with van der Waals surface area (Å²) < 4.78 is 13.1. The smallest absolute Gasteiger partial charge is 0.128 e. The fourth-order valence-electron chi connectivity index (χ4n) is 1.36. The van der Waals surface area contributed by atoms with Crippen molar-refractivity contribution < 1.29 is 4.39 Å². The molecule has 0 saturated heterocycles. The van der Waals surface area contributed by atoms with Crippen LogP contribution in [0.15, 0.2) is 24.4 Å². The van der Waals surface area contributed by atoms with E-state index in [4.69, 9.17) is 5.73 Å². The first kappa shape index (κ1) is 7.98. The molecular weight excluding hydrogens is 167 g/mol. The van der Waals surface area contributed by atoms with Gasteiger partial charge in [0.15, 0.2) is 0 Å². The second-order valence-electron chi connectivity index (χ2n) is 2.97. The van der Waals surface area contributed by atoms with Gasteiger partial charge >= 0.3 is 0 Å². The second-order valence-corrected chi connectivity index (χ2v) is 2.97. The van der Waals surface area contributed by atoms with Gasteiger partial charge in [0.2, 0.25) is 0 Å². The lowest BCUT2D eigenvalue weighted by Gasteiger charge is -2.03. The van der Waals surface area contributed by atoms with Gasteiger partial charge in [0.05, 0.1) is 5.52 Å². The number of nitrogens with zero attached hydrogens (tertiary/aromatic N) is 1. The summed E-state index contributed by atoms with van der Waals surface area (Å²) in [7, 11) is 0. The fourth-order valence-corrected chi connectivity index (χ4v) is 1.36. The van der Waals surface area contributed by atoms with E-state index in [0.717, 1.165) is 5.39 Å². The highest BCUT2D eigenvalue weighted by Crippen LogP contribution is 2.22. The van der Waals surface area contributed by atoms with Crippen molar-refractivity contribution in [1.29, 1.82) is 0 Å². The van der Waals surface area contributed by atoms with Gasteiger partial charge in [0, 0.05) is 22.8 Å². The van der Waals surface area contributed by atoms with Gasteiger partial charge in [-0.3, -0.25) is 4.98 Å². The third-order valence-electron chi connectivity index (χ3n) is 2.13. The molecule has 13 heavy (non-hydrogen) atoms. The van der Waals surface area contributed by atoms with Crippen LogP contribution in [0.4, 0.5) is 10.1 Å². The standard InChI is InChI=1S/C10H9FN2/c1-6-8(11)3-2-7-9(12)4-5-13-10(6)7/h2-5H,1H3,(H2,12,13). The van der Waals surface area contributed by atoms with E-state index in [1.807, 2.05) is 0 Å². The Hall–Kier alpha value is -1.64. The van der Waals surface area contributed by atoms with Gasteiger partial charge < -0.3 is 5.73 Å². The molecule has 2 rings (SSSR count). The minimum Gasteiger partial charge on any atom is -0.398 e. The lowest BCUT2D eigenvalue weighted by Crippen LogP contribution is -1.92. The van der Waals surface area contributed by atoms with Gasteiger partial charge in [-0.15, -0.1) is 0 Å². The summed E-state index contributed by atoms with van der Waals surface area (Å²) >= 11 is 0. The lowest BCUT2D eigenvalue weighted by molar-refractivity contribution is 0.620. The molecule has 2 N–H and O–H groups in total. The van der Waals surface area contributed by atoms with Crippen molar-refractivity contribution in [3.05, 3.63) is 35.8 Å². The summed E-state index contributed by atoms with van der Waals surface area (Å²) in [6.07, 6.45) is 1.59. The average Bonchev–Trinajstić information content (AvgIpc) is 2.12. The Morgan fingerprint density at radius 3 is 2.85 bits per heavy atom. The Bertz CT molecular complexity index is 466. The molecule has 0 aliphatic heterocycles. The van der Waals surface area contributed by atoms with Crippen molar-refractivity contribution in [3.63, 3.8) is 0 Å². The number of nitrogens with two attached hydrogens (primary N) is 1. The highest BCUT2D eigenvalue weighted by Gasteiger charge is 2.05. The number of aryl methyl sites for hydroxylation is 1. The van der Waals surface area contributed by atoms with E-state index in [2.05, 4.69) is 4.98 Å². The number of halogens is 1. The predicted octanol–water partition coefficient (Wildman–Crippen LogP) is 2.26. The predicted molar refractivity (Wildman–Crippen MR) is 50.9 cm³/mol. The van der Waals surface area contributed by atoms with Crippen molar-refractivity contribution in [2.24, 2.45) is 0 Å². The van der Waals surface area contributed by atoms with E-state index in [-0.39, 0.29) is 5.82 Å². The zero-order valence-electron chi connectivity index (χ0n) is 7.21. The SMILES string of the molecule is Cc1c(F)ccc2c(N)ccnc12. The molecule has 2 aromatic rings. The molecule has 3 heteroatoms. The van der Waals surface area contributed by atoms with Crippen molar-refractivity contribution in [3.8, 4) is 0 Å². The van der Waals surface area contributed by atoms with E-state index in [0.29, 0.717) is 16.8 Å². The van der Waals surface area contributed by atoms with Crippen LogP contribution in [0.2, 0.25) is 0 Å². The molecule has 0 aliphatic carbocycles. The molecule has 2 nitrogen and oxygen atoms in total. The maximum atomic E-state index is 13.1. The lowest BCUT2D eigenvalue weighted by atomic mass is 10.1. The molecular formula is C10H9FN2. The van der Waals surface area contributed by atoms with Gasteiger partial charge in [0.1, 0.15) is 5.82 Å². The number of hydrogen-bond acceptors (Lipinski definition) is 2. The minimum absolute atomic E-state index is 0.245. The second kappa shape index (κ2) is 2.69. The number of aromatic nitrogens is 1. The summed E-state index contributed by atoms with van der Waals surface area (Å²) in [6, 6.07) is 4.77. The van der Waals surface area contributed by atoms with Crippen LogP contribution in [0.1, 0.15) is 5.56 Å². The Kier molecular flexibility index (Phi) is 1.65. The summed E-state index contributed by atoms with van der Waals surface area (Å²) in [5, 5.41) is 0.807. The Balaban J connectivity index is 2.94. The van der Waals surface area contributed by atoms with E-state index < -0.39 is 0 Å². The summed E-state index contributed by atoms with van der Waals surface area (Å²) in [6.45, 7) is 1.70. The van der Waals surface area contributed by atoms with Gasteiger partial charge in [-0.25, -0.2) is 4.39 Å². The summed E-state index contributed by atoms with van der Waals surface area (Å²) in [5.74, 6) is -0.245. The largest absolute Gasteiger partial charge is 0.398 e. The molecule has 0 radical (unpaired) electrons. The highest BCUT2D eigenvalue weighted by atomic mass is 19.1. The average molecular weight is 176 g/mol. The molecule has 0 aliphatic rings. The number of hydrogen-bond donors (Lipinski definition) is 1. The van der Waals surface area contributed by atoms with E-state index in [1.54, 1.807) is 25.3 Å². The van der Waals surface area contributed by atoms with Gasteiger partial charge in [-0.05, 0) is 25.1 Å². The molecule has 66 valence electrons. The monoisotopic (exact) mass is 176 g/mol. The topological polar surface area (TPSA) is 38.9 Å². The Labute approximate surface area is 75.2 Å². The number of benzene rings is 1. The molecule has 0 spiro atoms. The summed E-state index contributed by atoms with van der Waals surface area (Å²) in [4.78, 5) is 4.08. The minimum atomic E-state index is -0.245. The molecule has 0 bridgehead atoms.